The quantitative estimate of drug-likeness (QED) is 0.421. The van der Waals surface area contributed by atoms with Gasteiger partial charge in [0.05, 0.1) is 15.9 Å². The minimum atomic E-state index is -4.34. The fourth-order valence-corrected chi connectivity index (χ4v) is 2.26. The van der Waals surface area contributed by atoms with Crippen molar-refractivity contribution in [3.05, 3.63) is 35.4 Å². The summed E-state index contributed by atoms with van der Waals surface area (Å²) in [6.07, 6.45) is 0.0688. The molecule has 0 aromatic heterocycles. The molecule has 9 heteroatoms. The predicted molar refractivity (Wildman–Crippen MR) is 68.8 cm³/mol. The molecule has 0 aliphatic heterocycles. The van der Waals surface area contributed by atoms with Gasteiger partial charge >= 0.3 is 35.5 Å². The second-order valence-corrected chi connectivity index (χ2v) is 5.72. The Morgan fingerprint density at radius 2 is 1.71 bits per heavy atom. The molecule has 7 nitrogen and oxygen atoms in total. The Labute approximate surface area is 144 Å². The summed E-state index contributed by atoms with van der Waals surface area (Å²) in [4.78, 5) is 21.8. The van der Waals surface area contributed by atoms with Crippen molar-refractivity contribution in [2.45, 2.75) is 25.1 Å². The molecular formula is C12H14NNaO6S. The molecule has 0 radical (unpaired) electrons. The first-order chi connectivity index (χ1) is 9.17. The first-order valence-corrected chi connectivity index (χ1v) is 7.26. The molecule has 0 bridgehead atoms. The minimum Gasteiger partial charge on any atom is -0.748 e. The van der Waals surface area contributed by atoms with Crippen LogP contribution in [-0.4, -0.2) is 36.0 Å². The molecule has 1 rings (SSSR count). The van der Waals surface area contributed by atoms with Crippen molar-refractivity contribution < 1.29 is 57.2 Å². The van der Waals surface area contributed by atoms with Gasteiger partial charge in [0.25, 0.3) is 0 Å². The third-order valence-corrected chi connectivity index (χ3v) is 3.17. The summed E-state index contributed by atoms with van der Waals surface area (Å²) < 4.78 is 31.8. The molecule has 2 N–H and O–H groups in total. The van der Waals surface area contributed by atoms with Gasteiger partial charge in [-0.3, -0.25) is 4.79 Å². The molecule has 1 amide bonds. The summed E-state index contributed by atoms with van der Waals surface area (Å²) in [6, 6.07) is 4.88. The van der Waals surface area contributed by atoms with Crippen LogP contribution in [0.3, 0.4) is 0 Å². The first-order valence-electron chi connectivity index (χ1n) is 5.68. The van der Waals surface area contributed by atoms with Gasteiger partial charge < -0.3 is 15.0 Å². The monoisotopic (exact) mass is 323 g/mol. The molecule has 1 atom stereocenters. The number of hydrogen-bond acceptors (Lipinski definition) is 5. The average Bonchev–Trinajstić information content (AvgIpc) is 2.28. The molecule has 0 spiro atoms. The molecular weight excluding hydrogens is 309 g/mol. The van der Waals surface area contributed by atoms with Crippen molar-refractivity contribution >= 4 is 22.0 Å². The fourth-order valence-electron chi connectivity index (χ4n) is 1.66. The second kappa shape index (κ2) is 8.50. The largest absolute Gasteiger partial charge is 1.00 e. The molecule has 0 fully saturated rings. The van der Waals surface area contributed by atoms with E-state index < -0.39 is 33.8 Å². The number of carbonyl (C=O) groups excluding carboxylic acids is 1. The van der Waals surface area contributed by atoms with Gasteiger partial charge in [-0.1, -0.05) is 24.3 Å². The van der Waals surface area contributed by atoms with Gasteiger partial charge in [-0.25, -0.2) is 13.2 Å². The van der Waals surface area contributed by atoms with Crippen LogP contribution in [0.4, 0.5) is 0 Å². The zero-order valence-corrected chi connectivity index (χ0v) is 14.5. The van der Waals surface area contributed by atoms with Crippen molar-refractivity contribution in [2.24, 2.45) is 0 Å². The summed E-state index contributed by atoms with van der Waals surface area (Å²) in [6.45, 7) is 1.22. The summed E-state index contributed by atoms with van der Waals surface area (Å²) >= 11 is 0. The van der Waals surface area contributed by atoms with Gasteiger partial charge in [0.2, 0.25) is 5.91 Å². The van der Waals surface area contributed by atoms with E-state index in [-0.39, 0.29) is 36.0 Å². The minimum absolute atomic E-state index is 0. The molecule has 1 aromatic carbocycles. The van der Waals surface area contributed by atoms with E-state index in [1.54, 1.807) is 0 Å². The van der Waals surface area contributed by atoms with Crippen LogP contribution in [0.2, 0.25) is 0 Å². The maximum atomic E-state index is 11.0. The van der Waals surface area contributed by atoms with Crippen LogP contribution >= 0.6 is 0 Å². The van der Waals surface area contributed by atoms with Crippen LogP contribution in [0.25, 0.3) is 0 Å². The Morgan fingerprint density at radius 1 is 1.24 bits per heavy atom. The molecule has 0 aliphatic carbocycles. The van der Waals surface area contributed by atoms with E-state index >= 15 is 0 Å². The Kier molecular flexibility index (Phi) is 8.12. The third-order valence-electron chi connectivity index (χ3n) is 2.48. The van der Waals surface area contributed by atoms with Gasteiger partial charge in [0, 0.05) is 13.3 Å². The Bertz CT molecular complexity index is 599. The van der Waals surface area contributed by atoms with Crippen molar-refractivity contribution in [2.75, 3.05) is 0 Å². The summed E-state index contributed by atoms with van der Waals surface area (Å²) in [5.74, 6) is -2.22. The first kappa shape index (κ1) is 20.1. The topological polar surface area (TPSA) is 124 Å². The molecule has 0 unspecified atom stereocenters. The van der Waals surface area contributed by atoms with Gasteiger partial charge in [0.15, 0.2) is 0 Å². The zero-order valence-electron chi connectivity index (χ0n) is 11.7. The summed E-state index contributed by atoms with van der Waals surface area (Å²) in [5.41, 5.74) is 0.938. The van der Waals surface area contributed by atoms with E-state index in [0.29, 0.717) is 11.1 Å². The Morgan fingerprint density at radius 3 is 2.10 bits per heavy atom. The number of carboxylic acids is 1. The molecule has 0 saturated heterocycles. The molecule has 110 valence electrons. The standard InChI is InChI=1S/C12H15NO6S.Na/c1-8(14)13-11(12(15)16)6-9-2-4-10(5-3-9)7-20(17,18)19;/h2-5,11H,6-7H2,1H3,(H,13,14)(H,15,16)(H,17,18,19);/q;+1/p-1/t11-;/m0./s1. The number of amides is 1. The van der Waals surface area contributed by atoms with E-state index in [1.807, 2.05) is 0 Å². The van der Waals surface area contributed by atoms with Gasteiger partial charge in [-0.15, -0.1) is 0 Å². The molecule has 0 heterocycles. The number of carbonyl (C=O) groups is 2. The third kappa shape index (κ3) is 8.18. The van der Waals surface area contributed by atoms with Crippen LogP contribution in [0.5, 0.6) is 0 Å². The van der Waals surface area contributed by atoms with E-state index in [4.69, 9.17) is 5.11 Å². The smallest absolute Gasteiger partial charge is 0.748 e. The maximum Gasteiger partial charge on any atom is 1.00 e. The van der Waals surface area contributed by atoms with Crippen LogP contribution in [0.15, 0.2) is 24.3 Å². The van der Waals surface area contributed by atoms with Crippen molar-refractivity contribution in [1.29, 1.82) is 0 Å². The Hall–Kier alpha value is -0.930. The van der Waals surface area contributed by atoms with Gasteiger partial charge in [0.1, 0.15) is 6.04 Å². The number of nitrogens with one attached hydrogen (secondary N) is 1. The van der Waals surface area contributed by atoms with Crippen molar-refractivity contribution in [3.8, 4) is 0 Å². The predicted octanol–water partition coefficient (Wildman–Crippen LogP) is -3.13. The average molecular weight is 323 g/mol. The fraction of sp³-hybridized carbons (Fsp3) is 0.333. The number of carboxylic acid groups (broad SMARTS) is 1. The number of hydrogen-bond donors (Lipinski definition) is 2. The van der Waals surface area contributed by atoms with Crippen LogP contribution in [0, 0.1) is 0 Å². The molecule has 0 saturated carbocycles. The van der Waals surface area contributed by atoms with E-state index in [2.05, 4.69) is 5.32 Å². The Balaban J connectivity index is 0.00000400. The molecule has 0 aliphatic rings. The number of aliphatic carboxylic acids is 1. The maximum absolute atomic E-state index is 11.0. The molecule has 1 aromatic rings. The van der Waals surface area contributed by atoms with Crippen LogP contribution in [-0.2, 0) is 31.9 Å². The number of rotatable bonds is 6. The van der Waals surface area contributed by atoms with Crippen molar-refractivity contribution in [3.63, 3.8) is 0 Å². The van der Waals surface area contributed by atoms with Gasteiger partial charge in [-0.2, -0.15) is 0 Å². The van der Waals surface area contributed by atoms with Crippen LogP contribution in [0.1, 0.15) is 18.1 Å². The zero-order chi connectivity index (χ0) is 15.3. The van der Waals surface area contributed by atoms with E-state index in [0.717, 1.165) is 0 Å². The van der Waals surface area contributed by atoms with Crippen molar-refractivity contribution in [1.82, 2.24) is 5.32 Å². The van der Waals surface area contributed by atoms with Gasteiger partial charge in [-0.05, 0) is 11.1 Å². The summed E-state index contributed by atoms with van der Waals surface area (Å²) in [7, 11) is -4.34. The van der Waals surface area contributed by atoms with E-state index in [9.17, 15) is 22.6 Å². The SMILES string of the molecule is CC(=O)N[C@@H](Cc1ccc(CS(=O)(=O)[O-])cc1)C(=O)O.[Na+]. The molecule has 21 heavy (non-hydrogen) atoms. The number of benzene rings is 1. The summed E-state index contributed by atoms with van der Waals surface area (Å²) in [5, 5.41) is 11.3. The normalized spacial score (nSPS) is 12.1. The van der Waals surface area contributed by atoms with E-state index in [1.165, 1.54) is 31.2 Å². The second-order valence-electron chi connectivity index (χ2n) is 4.31. The van der Waals surface area contributed by atoms with Crippen LogP contribution < -0.4 is 34.9 Å².